The van der Waals surface area contributed by atoms with Crippen LogP contribution in [-0.4, -0.2) is 16.1 Å². The van der Waals surface area contributed by atoms with Crippen LogP contribution in [0.25, 0.3) is 0 Å². The molecule has 1 saturated carbocycles. The summed E-state index contributed by atoms with van der Waals surface area (Å²) in [6.07, 6.45) is 4.99. The molecule has 0 radical (unpaired) electrons. The Morgan fingerprint density at radius 2 is 1.94 bits per heavy atom. The lowest BCUT2D eigenvalue weighted by molar-refractivity contribution is -0.142. The Morgan fingerprint density at radius 3 is 2.39 bits per heavy atom. The first kappa shape index (κ1) is 13.1. The number of aromatic nitrogens is 1. The summed E-state index contributed by atoms with van der Waals surface area (Å²) in [6.45, 7) is 6.29. The molecular formula is C14H21NO3. The van der Waals surface area contributed by atoms with Crippen LogP contribution in [0.3, 0.4) is 0 Å². The van der Waals surface area contributed by atoms with E-state index in [9.17, 15) is 4.79 Å². The summed E-state index contributed by atoms with van der Waals surface area (Å²) in [5.74, 6) is 1.12. The molecule has 0 spiro atoms. The van der Waals surface area contributed by atoms with E-state index in [1.807, 2.05) is 0 Å². The van der Waals surface area contributed by atoms with Crippen molar-refractivity contribution in [3.63, 3.8) is 0 Å². The van der Waals surface area contributed by atoms with E-state index in [2.05, 4.69) is 25.8 Å². The van der Waals surface area contributed by atoms with Crippen molar-refractivity contribution in [2.75, 3.05) is 0 Å². The Morgan fingerprint density at radius 1 is 1.33 bits per heavy atom. The van der Waals surface area contributed by atoms with Gasteiger partial charge in [-0.1, -0.05) is 20.8 Å². The third-order valence-electron chi connectivity index (χ3n) is 3.69. The highest BCUT2D eigenvalue weighted by Crippen LogP contribution is 2.36. The molecule has 4 nitrogen and oxygen atoms in total. The lowest BCUT2D eigenvalue weighted by atomic mass is 9.82. The van der Waals surface area contributed by atoms with Gasteiger partial charge in [0.15, 0.2) is 5.89 Å². The van der Waals surface area contributed by atoms with Crippen molar-refractivity contribution in [2.24, 2.45) is 5.92 Å². The van der Waals surface area contributed by atoms with E-state index in [0.717, 1.165) is 37.3 Å². The summed E-state index contributed by atoms with van der Waals surface area (Å²) < 4.78 is 5.82. The molecule has 100 valence electrons. The fourth-order valence-corrected chi connectivity index (χ4v) is 2.41. The van der Waals surface area contributed by atoms with E-state index in [0.29, 0.717) is 0 Å². The van der Waals surface area contributed by atoms with Crippen molar-refractivity contribution in [1.29, 1.82) is 0 Å². The smallest absolute Gasteiger partial charge is 0.306 e. The van der Waals surface area contributed by atoms with Gasteiger partial charge in [-0.3, -0.25) is 4.79 Å². The van der Waals surface area contributed by atoms with Gasteiger partial charge in [0, 0.05) is 11.3 Å². The van der Waals surface area contributed by atoms with Crippen LogP contribution < -0.4 is 0 Å². The normalized spacial score (nSPS) is 25.1. The van der Waals surface area contributed by atoms with E-state index in [4.69, 9.17) is 9.52 Å². The van der Waals surface area contributed by atoms with Crippen LogP contribution in [0, 0.1) is 5.92 Å². The Kier molecular flexibility index (Phi) is 3.46. The molecule has 0 unspecified atom stereocenters. The molecule has 1 aromatic rings. The number of carboxylic acids is 1. The Hall–Kier alpha value is -1.32. The van der Waals surface area contributed by atoms with Gasteiger partial charge < -0.3 is 9.52 Å². The topological polar surface area (TPSA) is 63.3 Å². The fraction of sp³-hybridized carbons (Fsp3) is 0.714. The maximum atomic E-state index is 10.9. The maximum absolute atomic E-state index is 10.9. The average molecular weight is 251 g/mol. The standard InChI is InChI=1S/C14H21NO3/c1-14(2,3)11-8-15-12(18-11)9-4-6-10(7-5-9)13(16)17/h8-10H,4-7H2,1-3H3,(H,16,17)/t9-,10-. The molecule has 1 aliphatic rings. The van der Waals surface area contributed by atoms with Gasteiger partial charge in [-0.25, -0.2) is 4.98 Å². The van der Waals surface area contributed by atoms with Gasteiger partial charge in [-0.05, 0) is 25.7 Å². The van der Waals surface area contributed by atoms with Crippen LogP contribution in [0.4, 0.5) is 0 Å². The molecule has 1 fully saturated rings. The molecule has 4 heteroatoms. The Balaban J connectivity index is 2.02. The first-order valence-corrected chi connectivity index (χ1v) is 6.57. The minimum Gasteiger partial charge on any atom is -0.481 e. The Labute approximate surface area is 107 Å². The van der Waals surface area contributed by atoms with Crippen molar-refractivity contribution in [3.05, 3.63) is 17.8 Å². The van der Waals surface area contributed by atoms with Gasteiger partial charge in [0.1, 0.15) is 5.76 Å². The number of oxazole rings is 1. The summed E-state index contributed by atoms with van der Waals surface area (Å²) in [5.41, 5.74) is -0.0243. The van der Waals surface area contributed by atoms with Gasteiger partial charge in [-0.15, -0.1) is 0 Å². The SMILES string of the molecule is CC(C)(C)c1cnc([C@H]2CC[C@H](C(=O)O)CC2)o1. The predicted octanol–water partition coefficient (Wildman–Crippen LogP) is 3.33. The fourth-order valence-electron chi connectivity index (χ4n) is 2.41. The summed E-state index contributed by atoms with van der Waals surface area (Å²) in [6, 6.07) is 0. The molecule has 2 rings (SSSR count). The molecule has 1 heterocycles. The number of nitrogens with zero attached hydrogens (tertiary/aromatic N) is 1. The number of carboxylic acid groups (broad SMARTS) is 1. The summed E-state index contributed by atoms with van der Waals surface area (Å²) in [5, 5.41) is 8.97. The minimum atomic E-state index is -0.670. The number of carbonyl (C=O) groups is 1. The molecule has 0 aliphatic heterocycles. The monoisotopic (exact) mass is 251 g/mol. The van der Waals surface area contributed by atoms with Crippen molar-refractivity contribution in [2.45, 2.75) is 57.8 Å². The molecule has 0 amide bonds. The van der Waals surface area contributed by atoms with E-state index in [1.165, 1.54) is 0 Å². The lowest BCUT2D eigenvalue weighted by Gasteiger charge is -2.24. The quantitative estimate of drug-likeness (QED) is 0.875. The highest BCUT2D eigenvalue weighted by atomic mass is 16.4. The molecule has 0 saturated heterocycles. The van der Waals surface area contributed by atoms with Gasteiger partial charge in [0.2, 0.25) is 0 Å². The van der Waals surface area contributed by atoms with E-state index in [1.54, 1.807) is 6.20 Å². The first-order valence-electron chi connectivity index (χ1n) is 6.57. The molecule has 0 aromatic carbocycles. The van der Waals surface area contributed by atoms with Gasteiger partial charge in [-0.2, -0.15) is 0 Å². The van der Waals surface area contributed by atoms with Crippen LogP contribution >= 0.6 is 0 Å². The van der Waals surface area contributed by atoms with Crippen LogP contribution in [0.15, 0.2) is 10.6 Å². The van der Waals surface area contributed by atoms with E-state index < -0.39 is 5.97 Å². The van der Waals surface area contributed by atoms with Crippen LogP contribution in [0.5, 0.6) is 0 Å². The molecule has 18 heavy (non-hydrogen) atoms. The largest absolute Gasteiger partial charge is 0.481 e. The second-order valence-electron chi connectivity index (χ2n) is 6.20. The third-order valence-corrected chi connectivity index (χ3v) is 3.69. The van der Waals surface area contributed by atoms with E-state index in [-0.39, 0.29) is 17.3 Å². The molecule has 0 bridgehead atoms. The molecular weight excluding hydrogens is 230 g/mol. The average Bonchev–Trinajstić information content (AvgIpc) is 2.78. The third kappa shape index (κ3) is 2.74. The minimum absolute atomic E-state index is 0.0243. The van der Waals surface area contributed by atoms with Crippen molar-refractivity contribution in [1.82, 2.24) is 4.98 Å². The van der Waals surface area contributed by atoms with Gasteiger partial charge in [0.05, 0.1) is 12.1 Å². The van der Waals surface area contributed by atoms with E-state index >= 15 is 0 Å². The maximum Gasteiger partial charge on any atom is 0.306 e. The molecule has 1 N–H and O–H groups in total. The molecule has 0 atom stereocenters. The second kappa shape index (κ2) is 4.75. The first-order chi connectivity index (χ1) is 8.38. The van der Waals surface area contributed by atoms with Crippen molar-refractivity contribution in [3.8, 4) is 0 Å². The second-order valence-corrected chi connectivity index (χ2v) is 6.20. The lowest BCUT2D eigenvalue weighted by Crippen LogP contribution is -2.20. The zero-order chi connectivity index (χ0) is 13.3. The van der Waals surface area contributed by atoms with Crippen molar-refractivity contribution < 1.29 is 14.3 Å². The van der Waals surface area contributed by atoms with Crippen molar-refractivity contribution >= 4 is 5.97 Å². The molecule has 1 aromatic heterocycles. The number of rotatable bonds is 2. The zero-order valence-electron chi connectivity index (χ0n) is 11.3. The highest BCUT2D eigenvalue weighted by molar-refractivity contribution is 5.70. The number of aliphatic carboxylic acids is 1. The Bertz CT molecular complexity index is 422. The van der Waals surface area contributed by atoms with Gasteiger partial charge >= 0.3 is 5.97 Å². The summed E-state index contributed by atoms with van der Waals surface area (Å²) in [4.78, 5) is 15.3. The molecule has 1 aliphatic carbocycles. The van der Waals surface area contributed by atoms with Gasteiger partial charge in [0.25, 0.3) is 0 Å². The summed E-state index contributed by atoms with van der Waals surface area (Å²) in [7, 11) is 0. The number of hydrogen-bond donors (Lipinski definition) is 1. The van der Waals surface area contributed by atoms with Crippen LogP contribution in [0.2, 0.25) is 0 Å². The predicted molar refractivity (Wildman–Crippen MR) is 67.5 cm³/mol. The zero-order valence-corrected chi connectivity index (χ0v) is 11.3. The van der Waals surface area contributed by atoms with Crippen LogP contribution in [-0.2, 0) is 10.2 Å². The highest BCUT2D eigenvalue weighted by Gasteiger charge is 2.30. The summed E-state index contributed by atoms with van der Waals surface area (Å²) >= 11 is 0. The van der Waals surface area contributed by atoms with Crippen LogP contribution in [0.1, 0.15) is 64.0 Å². The number of hydrogen-bond acceptors (Lipinski definition) is 3.